The van der Waals surface area contributed by atoms with E-state index in [0.29, 0.717) is 25.1 Å². The van der Waals surface area contributed by atoms with Gasteiger partial charge in [0.25, 0.3) is 5.91 Å². The van der Waals surface area contributed by atoms with Crippen molar-refractivity contribution in [3.8, 4) is 0 Å². The molecule has 0 bridgehead atoms. The van der Waals surface area contributed by atoms with Crippen molar-refractivity contribution in [1.29, 1.82) is 0 Å². The molecule has 0 saturated carbocycles. The van der Waals surface area contributed by atoms with Crippen LogP contribution >= 0.6 is 0 Å². The molecule has 2 aliphatic heterocycles. The summed E-state index contributed by atoms with van der Waals surface area (Å²) in [6.07, 6.45) is 1.91. The van der Waals surface area contributed by atoms with E-state index in [-0.39, 0.29) is 24.3 Å². The molecule has 1 fully saturated rings. The highest BCUT2D eigenvalue weighted by atomic mass is 16.4. The van der Waals surface area contributed by atoms with Crippen LogP contribution in [0.5, 0.6) is 0 Å². The second kappa shape index (κ2) is 9.96. The molecule has 0 unspecified atom stereocenters. The number of amides is 2. The van der Waals surface area contributed by atoms with Gasteiger partial charge < -0.3 is 20.6 Å². The van der Waals surface area contributed by atoms with Crippen LogP contribution in [0.4, 0.5) is 0 Å². The van der Waals surface area contributed by atoms with Crippen molar-refractivity contribution in [3.05, 3.63) is 70.8 Å². The summed E-state index contributed by atoms with van der Waals surface area (Å²) in [5.41, 5.74) is 4.16. The first kappa shape index (κ1) is 22.0. The fraction of sp³-hybridized carbons (Fsp3) is 0.400. The smallest absolute Gasteiger partial charge is 0.304 e. The van der Waals surface area contributed by atoms with Crippen LogP contribution < -0.4 is 10.6 Å². The Kier molecular flexibility index (Phi) is 6.85. The van der Waals surface area contributed by atoms with Gasteiger partial charge in [-0.3, -0.25) is 14.4 Å². The lowest BCUT2D eigenvalue weighted by atomic mass is 10.0. The number of carboxylic acids is 1. The third kappa shape index (κ3) is 5.16. The van der Waals surface area contributed by atoms with Crippen molar-refractivity contribution in [2.45, 2.75) is 44.8 Å². The van der Waals surface area contributed by atoms with Crippen LogP contribution in [0.3, 0.4) is 0 Å². The predicted molar refractivity (Wildman–Crippen MR) is 120 cm³/mol. The van der Waals surface area contributed by atoms with Gasteiger partial charge in [-0.05, 0) is 48.1 Å². The van der Waals surface area contributed by atoms with Gasteiger partial charge in [-0.15, -0.1) is 0 Å². The van der Waals surface area contributed by atoms with E-state index in [9.17, 15) is 19.5 Å². The molecular weight excluding hydrogens is 406 g/mol. The zero-order valence-corrected chi connectivity index (χ0v) is 18.0. The lowest BCUT2D eigenvalue weighted by Crippen LogP contribution is -2.42. The summed E-state index contributed by atoms with van der Waals surface area (Å²) < 4.78 is 0. The molecule has 2 amide bonds. The van der Waals surface area contributed by atoms with E-state index < -0.39 is 11.9 Å². The normalized spacial score (nSPS) is 19.8. The molecule has 7 heteroatoms. The first-order chi connectivity index (χ1) is 15.5. The summed E-state index contributed by atoms with van der Waals surface area (Å²) in [4.78, 5) is 38.6. The maximum atomic E-state index is 12.9. The fourth-order valence-corrected chi connectivity index (χ4v) is 4.69. The summed E-state index contributed by atoms with van der Waals surface area (Å²) in [6, 6.07) is 15.6. The number of likely N-dealkylation sites (tertiary alicyclic amines) is 1. The minimum Gasteiger partial charge on any atom is -0.481 e. The molecule has 0 spiro atoms. The number of hydrogen-bond acceptors (Lipinski definition) is 4. The maximum absolute atomic E-state index is 12.9. The second-order valence-corrected chi connectivity index (χ2v) is 8.60. The van der Waals surface area contributed by atoms with Crippen LogP contribution in [0.25, 0.3) is 0 Å². The Morgan fingerprint density at radius 2 is 1.88 bits per heavy atom. The van der Waals surface area contributed by atoms with Crippen molar-refractivity contribution >= 4 is 17.8 Å². The third-order valence-corrected chi connectivity index (χ3v) is 6.36. The highest BCUT2D eigenvalue weighted by Gasteiger charge is 2.40. The largest absolute Gasteiger partial charge is 0.481 e. The molecule has 0 radical (unpaired) electrons. The topological polar surface area (TPSA) is 98.7 Å². The third-order valence-electron chi connectivity index (χ3n) is 6.36. The average Bonchev–Trinajstić information content (AvgIpc) is 3.37. The number of benzene rings is 2. The lowest BCUT2D eigenvalue weighted by Gasteiger charge is -2.25. The average molecular weight is 436 g/mol. The fourth-order valence-electron chi connectivity index (χ4n) is 4.69. The number of nitrogens with zero attached hydrogens (tertiary/aromatic N) is 1. The van der Waals surface area contributed by atoms with Crippen LogP contribution in [-0.2, 0) is 29.1 Å². The number of nitrogens with one attached hydrogen (secondary N) is 2. The number of aryl methyl sites for hydroxylation is 1. The molecule has 32 heavy (non-hydrogen) atoms. The molecule has 7 nitrogen and oxygen atoms in total. The van der Waals surface area contributed by atoms with Gasteiger partial charge in [-0.25, -0.2) is 0 Å². The van der Waals surface area contributed by atoms with Crippen LogP contribution in [0.1, 0.15) is 46.3 Å². The summed E-state index contributed by atoms with van der Waals surface area (Å²) in [5, 5.41) is 15.4. The number of carbonyl (C=O) groups is 3. The monoisotopic (exact) mass is 435 g/mol. The van der Waals surface area contributed by atoms with Gasteiger partial charge in [-0.2, -0.15) is 0 Å². The molecule has 0 aromatic heterocycles. The Hall–Kier alpha value is -3.19. The van der Waals surface area contributed by atoms with Gasteiger partial charge >= 0.3 is 5.97 Å². The van der Waals surface area contributed by atoms with Crippen molar-refractivity contribution in [3.63, 3.8) is 0 Å². The SMILES string of the molecule is O=C(O)C[C@@H]1C[C@@H](CNC(=O)c2ccc3c(c2)CNC3)N(CCCc2ccccc2)C1=O. The molecule has 2 heterocycles. The first-order valence-electron chi connectivity index (χ1n) is 11.2. The van der Waals surface area contributed by atoms with Crippen molar-refractivity contribution in [2.75, 3.05) is 13.1 Å². The van der Waals surface area contributed by atoms with E-state index in [1.165, 1.54) is 11.1 Å². The minimum atomic E-state index is -0.968. The van der Waals surface area contributed by atoms with E-state index in [1.54, 1.807) is 4.90 Å². The predicted octanol–water partition coefficient (Wildman–Crippen LogP) is 2.34. The molecular formula is C25H29N3O4. The Morgan fingerprint density at radius 1 is 1.09 bits per heavy atom. The molecule has 2 aliphatic rings. The van der Waals surface area contributed by atoms with E-state index in [1.807, 2.05) is 36.4 Å². The summed E-state index contributed by atoms with van der Waals surface area (Å²) in [7, 11) is 0. The van der Waals surface area contributed by atoms with Gasteiger partial charge in [0.15, 0.2) is 0 Å². The molecule has 1 saturated heterocycles. The van der Waals surface area contributed by atoms with Gasteiger partial charge in [-0.1, -0.05) is 36.4 Å². The minimum absolute atomic E-state index is 0.122. The molecule has 4 rings (SSSR count). The number of aliphatic carboxylic acids is 1. The van der Waals surface area contributed by atoms with Gasteiger partial charge in [0, 0.05) is 37.8 Å². The standard InChI is InChI=1S/C25H29N3O4/c29-23(30)13-20-12-22(28(25(20)32)10-4-7-17-5-2-1-3-6-17)16-27-24(31)18-8-9-19-14-26-15-21(19)11-18/h1-3,5-6,8-9,11,20,22,26H,4,7,10,12-16H2,(H,27,31)(H,29,30)/t20-,22-/m0/s1. The Bertz CT molecular complexity index is 992. The first-order valence-corrected chi connectivity index (χ1v) is 11.2. The second-order valence-electron chi connectivity index (χ2n) is 8.60. The van der Waals surface area contributed by atoms with E-state index >= 15 is 0 Å². The van der Waals surface area contributed by atoms with Crippen LogP contribution in [0, 0.1) is 5.92 Å². The van der Waals surface area contributed by atoms with E-state index in [0.717, 1.165) is 31.5 Å². The number of carboxylic acid groups (broad SMARTS) is 1. The maximum Gasteiger partial charge on any atom is 0.304 e. The molecule has 2 atom stereocenters. The Balaban J connectivity index is 1.37. The van der Waals surface area contributed by atoms with Crippen LogP contribution in [0.15, 0.2) is 48.5 Å². The summed E-state index contributed by atoms with van der Waals surface area (Å²) in [5.74, 6) is -1.79. The zero-order chi connectivity index (χ0) is 22.5. The van der Waals surface area contributed by atoms with E-state index in [2.05, 4.69) is 22.8 Å². The van der Waals surface area contributed by atoms with E-state index in [4.69, 9.17) is 0 Å². The molecule has 2 aromatic carbocycles. The number of fused-ring (bicyclic) bond motifs is 1. The van der Waals surface area contributed by atoms with Gasteiger partial charge in [0.05, 0.1) is 12.3 Å². The van der Waals surface area contributed by atoms with Crippen LogP contribution in [0.2, 0.25) is 0 Å². The van der Waals surface area contributed by atoms with Gasteiger partial charge in [0.1, 0.15) is 0 Å². The van der Waals surface area contributed by atoms with Crippen molar-refractivity contribution in [1.82, 2.24) is 15.5 Å². The Labute approximate surface area is 187 Å². The summed E-state index contributed by atoms with van der Waals surface area (Å²) >= 11 is 0. The number of hydrogen-bond donors (Lipinski definition) is 3. The quantitative estimate of drug-likeness (QED) is 0.562. The Morgan fingerprint density at radius 3 is 2.66 bits per heavy atom. The van der Waals surface area contributed by atoms with Crippen molar-refractivity contribution in [2.24, 2.45) is 5.92 Å². The number of rotatable bonds is 9. The van der Waals surface area contributed by atoms with Gasteiger partial charge in [0.2, 0.25) is 5.91 Å². The molecule has 168 valence electrons. The summed E-state index contributed by atoms with van der Waals surface area (Å²) in [6.45, 7) is 2.46. The number of carbonyl (C=O) groups excluding carboxylic acids is 2. The lowest BCUT2D eigenvalue weighted by molar-refractivity contribution is -0.142. The highest BCUT2D eigenvalue weighted by Crippen LogP contribution is 2.28. The molecule has 2 aromatic rings. The van der Waals surface area contributed by atoms with Crippen molar-refractivity contribution < 1.29 is 19.5 Å². The highest BCUT2D eigenvalue weighted by molar-refractivity contribution is 5.94. The van der Waals surface area contributed by atoms with Crippen LogP contribution in [-0.4, -0.2) is 46.9 Å². The molecule has 3 N–H and O–H groups in total. The molecule has 0 aliphatic carbocycles. The zero-order valence-electron chi connectivity index (χ0n) is 18.0.